The molecule has 1 aliphatic heterocycles. The van der Waals surface area contributed by atoms with E-state index in [-0.39, 0.29) is 5.82 Å². The second-order valence-corrected chi connectivity index (χ2v) is 4.11. The molecule has 0 bridgehead atoms. The molecule has 0 radical (unpaired) electrons. The average molecular weight is 197 g/mol. The third-order valence-corrected chi connectivity index (χ3v) is 3.46. The Kier molecular flexibility index (Phi) is 2.30. The lowest BCUT2D eigenvalue weighted by Crippen LogP contribution is -2.09. The lowest BCUT2D eigenvalue weighted by Gasteiger charge is -2.17. The van der Waals surface area contributed by atoms with Crippen LogP contribution in [0.2, 0.25) is 0 Å². The first-order valence-electron chi connectivity index (χ1n) is 4.31. The van der Waals surface area contributed by atoms with Crippen molar-refractivity contribution in [2.24, 2.45) is 0 Å². The van der Waals surface area contributed by atoms with Crippen LogP contribution in [0.25, 0.3) is 0 Å². The quantitative estimate of drug-likeness (QED) is 0.637. The SMILES string of the molecule is CSN1Cc2cc(F)ccc2C1C. The van der Waals surface area contributed by atoms with E-state index in [0.717, 1.165) is 12.1 Å². The molecule has 0 spiro atoms. The Labute approximate surface area is 82.1 Å². The molecule has 3 heteroatoms. The second-order valence-electron chi connectivity index (χ2n) is 3.28. The van der Waals surface area contributed by atoms with Gasteiger partial charge in [-0.1, -0.05) is 18.0 Å². The minimum absolute atomic E-state index is 0.131. The predicted molar refractivity (Wildman–Crippen MR) is 53.9 cm³/mol. The molecule has 1 aromatic rings. The van der Waals surface area contributed by atoms with E-state index in [2.05, 4.69) is 17.5 Å². The Morgan fingerprint density at radius 1 is 1.54 bits per heavy atom. The predicted octanol–water partition coefficient (Wildman–Crippen LogP) is 2.98. The molecule has 0 aliphatic carbocycles. The van der Waals surface area contributed by atoms with Crippen LogP contribution in [-0.4, -0.2) is 10.6 Å². The topological polar surface area (TPSA) is 3.24 Å². The van der Waals surface area contributed by atoms with E-state index in [9.17, 15) is 4.39 Å². The van der Waals surface area contributed by atoms with E-state index in [1.807, 2.05) is 6.07 Å². The fraction of sp³-hybridized carbons (Fsp3) is 0.400. The number of hydrogen-bond acceptors (Lipinski definition) is 2. The van der Waals surface area contributed by atoms with Crippen LogP contribution in [0.1, 0.15) is 24.1 Å². The van der Waals surface area contributed by atoms with Gasteiger partial charge in [-0.15, -0.1) is 0 Å². The maximum Gasteiger partial charge on any atom is 0.123 e. The minimum atomic E-state index is -0.131. The van der Waals surface area contributed by atoms with Gasteiger partial charge in [0.15, 0.2) is 0 Å². The summed E-state index contributed by atoms with van der Waals surface area (Å²) in [5.41, 5.74) is 2.39. The summed E-state index contributed by atoms with van der Waals surface area (Å²) in [5, 5.41) is 0. The molecule has 1 aliphatic rings. The number of rotatable bonds is 1. The molecule has 0 amide bonds. The first kappa shape index (κ1) is 9.03. The molecule has 1 aromatic carbocycles. The largest absolute Gasteiger partial charge is 0.239 e. The molecule has 0 aromatic heterocycles. The van der Waals surface area contributed by atoms with Gasteiger partial charge in [-0.2, -0.15) is 0 Å². The van der Waals surface area contributed by atoms with Crippen molar-refractivity contribution in [1.82, 2.24) is 4.31 Å². The summed E-state index contributed by atoms with van der Waals surface area (Å²) in [6.07, 6.45) is 2.05. The molecule has 1 atom stereocenters. The van der Waals surface area contributed by atoms with Gasteiger partial charge >= 0.3 is 0 Å². The van der Waals surface area contributed by atoms with E-state index in [1.54, 1.807) is 24.1 Å². The van der Waals surface area contributed by atoms with Crippen LogP contribution in [0.4, 0.5) is 4.39 Å². The summed E-state index contributed by atoms with van der Waals surface area (Å²) >= 11 is 1.71. The van der Waals surface area contributed by atoms with Gasteiger partial charge in [0.05, 0.1) is 0 Å². The van der Waals surface area contributed by atoms with Crippen molar-refractivity contribution in [2.75, 3.05) is 6.26 Å². The van der Waals surface area contributed by atoms with E-state index in [4.69, 9.17) is 0 Å². The van der Waals surface area contributed by atoms with Gasteiger partial charge in [0.1, 0.15) is 5.82 Å². The Bertz CT molecular complexity index is 327. The highest BCUT2D eigenvalue weighted by Crippen LogP contribution is 2.37. The fourth-order valence-electron chi connectivity index (χ4n) is 1.80. The van der Waals surface area contributed by atoms with Crippen molar-refractivity contribution in [3.63, 3.8) is 0 Å². The van der Waals surface area contributed by atoms with Crippen LogP contribution >= 0.6 is 11.9 Å². The van der Waals surface area contributed by atoms with E-state index >= 15 is 0 Å². The number of fused-ring (bicyclic) bond motifs is 1. The highest BCUT2D eigenvalue weighted by Gasteiger charge is 2.25. The van der Waals surface area contributed by atoms with Gasteiger partial charge in [-0.3, -0.25) is 0 Å². The van der Waals surface area contributed by atoms with Gasteiger partial charge in [0.2, 0.25) is 0 Å². The van der Waals surface area contributed by atoms with E-state index in [0.29, 0.717) is 6.04 Å². The van der Waals surface area contributed by atoms with Crippen molar-refractivity contribution in [1.29, 1.82) is 0 Å². The van der Waals surface area contributed by atoms with Gasteiger partial charge in [-0.25, -0.2) is 8.70 Å². The van der Waals surface area contributed by atoms with Crippen molar-refractivity contribution in [2.45, 2.75) is 19.5 Å². The van der Waals surface area contributed by atoms with Crippen LogP contribution < -0.4 is 0 Å². The summed E-state index contributed by atoms with van der Waals surface area (Å²) in [7, 11) is 0. The summed E-state index contributed by atoms with van der Waals surface area (Å²) in [6, 6.07) is 5.48. The highest BCUT2D eigenvalue weighted by molar-refractivity contribution is 7.96. The van der Waals surface area contributed by atoms with E-state index in [1.165, 1.54) is 5.56 Å². The standard InChI is InChI=1S/C10H12FNS/c1-7-10-4-3-9(11)5-8(10)6-12(7)13-2/h3-5,7H,6H2,1-2H3. The van der Waals surface area contributed by atoms with Crippen LogP contribution in [0, 0.1) is 5.82 Å². The molecule has 2 rings (SSSR count). The summed E-state index contributed by atoms with van der Waals surface area (Å²) in [6.45, 7) is 3.01. The average Bonchev–Trinajstić information content (AvgIpc) is 2.42. The highest BCUT2D eigenvalue weighted by atomic mass is 32.2. The van der Waals surface area contributed by atoms with Crippen LogP contribution in [0.3, 0.4) is 0 Å². The monoisotopic (exact) mass is 197 g/mol. The normalized spacial score (nSPS) is 21.9. The fourth-order valence-corrected chi connectivity index (χ4v) is 2.50. The molecule has 0 saturated heterocycles. The number of nitrogens with zero attached hydrogens (tertiary/aromatic N) is 1. The number of halogens is 1. The molecule has 13 heavy (non-hydrogen) atoms. The Morgan fingerprint density at radius 3 is 3.00 bits per heavy atom. The van der Waals surface area contributed by atoms with E-state index < -0.39 is 0 Å². The lowest BCUT2D eigenvalue weighted by atomic mass is 10.1. The Balaban J connectivity index is 2.38. The molecule has 0 fully saturated rings. The zero-order valence-corrected chi connectivity index (χ0v) is 8.57. The van der Waals surface area contributed by atoms with Crippen LogP contribution in [0.5, 0.6) is 0 Å². The molecule has 0 N–H and O–H groups in total. The molecule has 0 saturated carbocycles. The smallest absolute Gasteiger partial charge is 0.123 e. The summed E-state index contributed by atoms with van der Waals surface area (Å²) in [5.74, 6) is -0.131. The zero-order valence-electron chi connectivity index (χ0n) is 7.75. The minimum Gasteiger partial charge on any atom is -0.239 e. The van der Waals surface area contributed by atoms with Crippen LogP contribution in [-0.2, 0) is 6.54 Å². The Hall–Kier alpha value is -0.540. The zero-order chi connectivity index (χ0) is 9.42. The maximum absolute atomic E-state index is 12.9. The molecule has 1 unspecified atom stereocenters. The molecule has 1 nitrogen and oxygen atoms in total. The van der Waals surface area contributed by atoms with Gasteiger partial charge in [-0.05, 0) is 36.4 Å². The first-order valence-corrected chi connectivity index (χ1v) is 5.49. The molecular weight excluding hydrogens is 185 g/mol. The van der Waals surface area contributed by atoms with Gasteiger partial charge in [0.25, 0.3) is 0 Å². The Morgan fingerprint density at radius 2 is 2.31 bits per heavy atom. The van der Waals surface area contributed by atoms with Crippen LogP contribution in [0.15, 0.2) is 18.2 Å². The lowest BCUT2D eigenvalue weighted by molar-refractivity contribution is 0.421. The van der Waals surface area contributed by atoms with Crippen molar-refractivity contribution in [3.8, 4) is 0 Å². The van der Waals surface area contributed by atoms with Gasteiger partial charge < -0.3 is 0 Å². The molecular formula is C10H12FNS. The molecule has 70 valence electrons. The summed E-state index contributed by atoms with van der Waals surface area (Å²) < 4.78 is 15.1. The van der Waals surface area contributed by atoms with Crippen molar-refractivity contribution < 1.29 is 4.39 Å². The molecule has 1 heterocycles. The maximum atomic E-state index is 12.9. The van der Waals surface area contributed by atoms with Crippen molar-refractivity contribution >= 4 is 11.9 Å². The van der Waals surface area contributed by atoms with Crippen molar-refractivity contribution in [3.05, 3.63) is 35.1 Å². The number of hydrogen-bond donors (Lipinski definition) is 0. The number of benzene rings is 1. The third kappa shape index (κ3) is 1.46. The first-order chi connectivity index (χ1) is 6.22. The third-order valence-electron chi connectivity index (χ3n) is 2.55. The summed E-state index contributed by atoms with van der Waals surface area (Å²) in [4.78, 5) is 0. The second kappa shape index (κ2) is 3.31. The van der Waals surface area contributed by atoms with Gasteiger partial charge in [0, 0.05) is 12.6 Å².